The fourth-order valence-corrected chi connectivity index (χ4v) is 7.58. The lowest BCUT2D eigenvalue weighted by atomic mass is 9.88. The molecule has 0 unspecified atom stereocenters. The highest BCUT2D eigenvalue weighted by Crippen LogP contribution is 2.40. The van der Waals surface area contributed by atoms with Crippen molar-refractivity contribution < 1.29 is 32.3 Å². The molecule has 4 rings (SSSR count). The van der Waals surface area contributed by atoms with Crippen LogP contribution in [0.15, 0.2) is 29.2 Å². The molecule has 2 heterocycles. The molecule has 1 N–H and O–H groups in total. The second-order valence-electron chi connectivity index (χ2n) is 9.45. The minimum absolute atomic E-state index is 0.0124. The van der Waals surface area contributed by atoms with E-state index >= 15 is 0 Å². The Hall–Kier alpha value is -2.76. The molecule has 0 spiro atoms. The summed E-state index contributed by atoms with van der Waals surface area (Å²) in [6.07, 6.45) is 2.93. The van der Waals surface area contributed by atoms with Gasteiger partial charge >= 0.3 is 11.9 Å². The Morgan fingerprint density at radius 1 is 1.19 bits per heavy atom. The molecule has 1 aliphatic carbocycles. The maximum Gasteiger partial charge on any atom is 0.341 e. The summed E-state index contributed by atoms with van der Waals surface area (Å²) in [5.74, 6) is -1.40. The SMILES string of the molecule is CCOC(=O)c1c(NC(=O)[C@@H](C)OC(=O)c2cccc(S(=O)(=O)N3CCCC3)c2)sc2c1CC[C@@H](C)C2. The quantitative estimate of drug-likeness (QED) is 0.495. The highest BCUT2D eigenvalue weighted by atomic mass is 32.2. The molecule has 0 radical (unpaired) electrons. The Kier molecular flexibility index (Phi) is 8.35. The maximum atomic E-state index is 13.0. The molecule has 0 saturated carbocycles. The number of amides is 1. The van der Waals surface area contributed by atoms with Gasteiger partial charge in [0.15, 0.2) is 6.10 Å². The second-order valence-corrected chi connectivity index (χ2v) is 12.5. The van der Waals surface area contributed by atoms with E-state index in [0.717, 1.165) is 42.5 Å². The predicted molar refractivity (Wildman–Crippen MR) is 139 cm³/mol. The van der Waals surface area contributed by atoms with Gasteiger partial charge in [-0.05, 0) is 75.6 Å². The molecule has 2 aromatic rings. The summed E-state index contributed by atoms with van der Waals surface area (Å²) in [5, 5.41) is 3.14. The first kappa shape index (κ1) is 27.3. The monoisotopic (exact) mass is 548 g/mol. The van der Waals surface area contributed by atoms with Crippen LogP contribution in [-0.4, -0.2) is 56.4 Å². The number of esters is 2. The zero-order valence-corrected chi connectivity index (χ0v) is 22.9. The van der Waals surface area contributed by atoms with Crippen molar-refractivity contribution in [3.8, 4) is 0 Å². The summed E-state index contributed by atoms with van der Waals surface area (Å²) in [6, 6.07) is 5.64. The number of carbonyl (C=O) groups is 3. The minimum atomic E-state index is -3.70. The van der Waals surface area contributed by atoms with Gasteiger partial charge in [-0.1, -0.05) is 13.0 Å². The third-order valence-electron chi connectivity index (χ3n) is 6.65. The van der Waals surface area contributed by atoms with Crippen molar-refractivity contribution in [3.63, 3.8) is 0 Å². The normalized spacial score (nSPS) is 18.6. The lowest BCUT2D eigenvalue weighted by Gasteiger charge is -2.18. The van der Waals surface area contributed by atoms with E-state index in [9.17, 15) is 22.8 Å². The first-order valence-corrected chi connectivity index (χ1v) is 14.8. The van der Waals surface area contributed by atoms with E-state index in [1.807, 2.05) is 0 Å². The van der Waals surface area contributed by atoms with E-state index in [2.05, 4.69) is 12.2 Å². The van der Waals surface area contributed by atoms with Gasteiger partial charge in [0.05, 0.1) is 22.6 Å². The zero-order chi connectivity index (χ0) is 26.7. The molecule has 1 aromatic heterocycles. The first-order chi connectivity index (χ1) is 17.6. The Morgan fingerprint density at radius 3 is 2.62 bits per heavy atom. The molecule has 1 fully saturated rings. The molecule has 9 nitrogen and oxygen atoms in total. The van der Waals surface area contributed by atoms with E-state index in [4.69, 9.17) is 9.47 Å². The number of thiophene rings is 1. The van der Waals surface area contributed by atoms with Crippen LogP contribution < -0.4 is 5.32 Å². The number of fused-ring (bicyclic) bond motifs is 1. The van der Waals surface area contributed by atoms with Gasteiger partial charge in [0.25, 0.3) is 5.91 Å². The molecule has 1 amide bonds. The number of ether oxygens (including phenoxy) is 2. The first-order valence-electron chi connectivity index (χ1n) is 12.6. The average molecular weight is 549 g/mol. The Bertz CT molecular complexity index is 1300. The fraction of sp³-hybridized carbons (Fsp3) is 0.500. The standard InChI is InChI=1S/C26H32N2O7S2/c1-4-34-26(31)22-20-11-10-16(2)14-21(20)36-24(22)27-23(29)17(3)35-25(30)18-8-7-9-19(15-18)37(32,33)28-12-5-6-13-28/h7-9,15-17H,4-6,10-14H2,1-3H3,(H,27,29)/t16-,17-/m1/s1. The van der Waals surface area contributed by atoms with Crippen LogP contribution in [0.4, 0.5) is 5.00 Å². The summed E-state index contributed by atoms with van der Waals surface area (Å²) in [6.45, 7) is 6.42. The smallest absolute Gasteiger partial charge is 0.341 e. The molecule has 37 heavy (non-hydrogen) atoms. The number of nitrogens with one attached hydrogen (secondary N) is 1. The summed E-state index contributed by atoms with van der Waals surface area (Å²) in [7, 11) is -3.70. The summed E-state index contributed by atoms with van der Waals surface area (Å²) in [5.41, 5.74) is 1.32. The van der Waals surface area contributed by atoms with E-state index in [-0.39, 0.29) is 17.1 Å². The fourth-order valence-electron chi connectivity index (χ4n) is 4.61. The summed E-state index contributed by atoms with van der Waals surface area (Å²) >= 11 is 1.35. The number of anilines is 1. The molecule has 11 heteroatoms. The van der Waals surface area contributed by atoms with Gasteiger partial charge in [0.1, 0.15) is 5.00 Å². The average Bonchev–Trinajstić information content (AvgIpc) is 3.52. The van der Waals surface area contributed by atoms with Crippen LogP contribution in [0.2, 0.25) is 0 Å². The van der Waals surface area contributed by atoms with Crippen molar-refractivity contribution in [2.24, 2.45) is 5.92 Å². The van der Waals surface area contributed by atoms with Gasteiger partial charge < -0.3 is 14.8 Å². The van der Waals surface area contributed by atoms with Crippen LogP contribution in [0.3, 0.4) is 0 Å². The number of nitrogens with zero attached hydrogens (tertiary/aromatic N) is 1. The van der Waals surface area contributed by atoms with E-state index in [1.54, 1.807) is 6.92 Å². The van der Waals surface area contributed by atoms with Gasteiger partial charge in [-0.3, -0.25) is 4.79 Å². The Balaban J connectivity index is 1.48. The summed E-state index contributed by atoms with van der Waals surface area (Å²) < 4.78 is 37.7. The van der Waals surface area contributed by atoms with E-state index < -0.39 is 34.0 Å². The van der Waals surface area contributed by atoms with Crippen molar-refractivity contribution in [1.29, 1.82) is 0 Å². The van der Waals surface area contributed by atoms with Crippen molar-refractivity contribution in [3.05, 3.63) is 45.8 Å². The Labute approximate surface area is 221 Å². The van der Waals surface area contributed by atoms with Gasteiger partial charge in [0, 0.05) is 18.0 Å². The zero-order valence-electron chi connectivity index (χ0n) is 21.2. The number of hydrogen-bond acceptors (Lipinski definition) is 8. The predicted octanol–water partition coefficient (Wildman–Crippen LogP) is 4.02. The topological polar surface area (TPSA) is 119 Å². The molecule has 1 aromatic carbocycles. The molecule has 2 atom stereocenters. The number of rotatable bonds is 8. The molecule has 200 valence electrons. The molecular weight excluding hydrogens is 516 g/mol. The molecule has 1 saturated heterocycles. The lowest BCUT2D eigenvalue weighted by molar-refractivity contribution is -0.123. The van der Waals surface area contributed by atoms with E-state index in [0.29, 0.717) is 29.6 Å². The molecule has 1 aliphatic heterocycles. The van der Waals surface area contributed by atoms with E-state index in [1.165, 1.54) is 46.8 Å². The molecule has 2 aliphatic rings. The van der Waals surface area contributed by atoms with Crippen LogP contribution >= 0.6 is 11.3 Å². The highest BCUT2D eigenvalue weighted by molar-refractivity contribution is 7.89. The number of benzene rings is 1. The van der Waals surface area contributed by atoms with Gasteiger partial charge in [-0.2, -0.15) is 4.31 Å². The minimum Gasteiger partial charge on any atom is -0.462 e. The van der Waals surface area contributed by atoms with Crippen LogP contribution in [-0.2, 0) is 37.1 Å². The van der Waals surface area contributed by atoms with Crippen molar-refractivity contribution in [2.45, 2.75) is 63.9 Å². The second kappa shape index (κ2) is 11.3. The van der Waals surface area contributed by atoms with Crippen molar-refractivity contribution >= 4 is 44.2 Å². The third kappa shape index (κ3) is 5.89. The highest BCUT2D eigenvalue weighted by Gasteiger charge is 2.31. The summed E-state index contributed by atoms with van der Waals surface area (Å²) in [4.78, 5) is 39.5. The van der Waals surface area contributed by atoms with Crippen LogP contribution in [0.25, 0.3) is 0 Å². The lowest BCUT2D eigenvalue weighted by Crippen LogP contribution is -2.30. The van der Waals surface area contributed by atoms with Gasteiger partial charge in [0.2, 0.25) is 10.0 Å². The molecular formula is C26H32N2O7S2. The van der Waals surface area contributed by atoms with Crippen LogP contribution in [0.5, 0.6) is 0 Å². The Morgan fingerprint density at radius 2 is 1.92 bits per heavy atom. The number of hydrogen-bond donors (Lipinski definition) is 1. The number of carbonyl (C=O) groups excluding carboxylic acids is 3. The van der Waals surface area contributed by atoms with Gasteiger partial charge in [-0.15, -0.1) is 11.3 Å². The van der Waals surface area contributed by atoms with Crippen LogP contribution in [0, 0.1) is 5.92 Å². The molecule has 0 bridgehead atoms. The maximum absolute atomic E-state index is 13.0. The van der Waals surface area contributed by atoms with Crippen LogP contribution in [0.1, 0.15) is 71.2 Å². The third-order valence-corrected chi connectivity index (χ3v) is 9.72. The number of sulfonamides is 1. The van der Waals surface area contributed by atoms with Gasteiger partial charge in [-0.25, -0.2) is 18.0 Å². The largest absolute Gasteiger partial charge is 0.462 e. The van der Waals surface area contributed by atoms with Crippen molar-refractivity contribution in [2.75, 3.05) is 25.0 Å². The van der Waals surface area contributed by atoms with Crippen molar-refractivity contribution in [1.82, 2.24) is 4.31 Å².